The smallest absolute Gasteiger partial charge is 0.181 e. The number of fused-ring (bicyclic) bond motifs is 2. The Morgan fingerprint density at radius 1 is 0.625 bits per heavy atom. The molecular formula is C32H34O7S. The number of carbonyl (C=O) groups is 6. The minimum Gasteiger partial charge on any atom is -0.298 e. The summed E-state index contributed by atoms with van der Waals surface area (Å²) < 4.78 is 13.4. The SMILES string of the molecule is CC(C)CCCC(=O)C1C(=O)c2ccc(S(=O)c3ccc4c(c3)C(=O)C(C(=O)CCCC(C)C)C4=O)cc2C1=O. The average Bonchev–Trinajstić information content (AvgIpc) is 3.31. The number of rotatable bonds is 12. The summed E-state index contributed by atoms with van der Waals surface area (Å²) in [6, 6.07) is 8.50. The van der Waals surface area contributed by atoms with Crippen molar-refractivity contribution >= 4 is 45.5 Å². The lowest BCUT2D eigenvalue weighted by molar-refractivity contribution is -0.121. The van der Waals surface area contributed by atoms with E-state index in [1.54, 1.807) is 0 Å². The summed E-state index contributed by atoms with van der Waals surface area (Å²) in [5.41, 5.74) is 0.415. The largest absolute Gasteiger partial charge is 0.298 e. The number of hydrogen-bond donors (Lipinski definition) is 0. The van der Waals surface area contributed by atoms with Crippen molar-refractivity contribution in [2.75, 3.05) is 0 Å². The van der Waals surface area contributed by atoms with Gasteiger partial charge in [0.1, 0.15) is 11.8 Å². The molecule has 0 aliphatic heterocycles. The molecule has 40 heavy (non-hydrogen) atoms. The van der Waals surface area contributed by atoms with E-state index in [0.29, 0.717) is 24.7 Å². The van der Waals surface area contributed by atoms with E-state index in [9.17, 15) is 33.0 Å². The van der Waals surface area contributed by atoms with Gasteiger partial charge in [-0.25, -0.2) is 4.21 Å². The highest BCUT2D eigenvalue weighted by Gasteiger charge is 2.44. The Hall–Kier alpha value is -3.39. The predicted molar refractivity (Wildman–Crippen MR) is 149 cm³/mol. The minimum absolute atomic E-state index is 0.0672. The van der Waals surface area contributed by atoms with Gasteiger partial charge in [-0.1, -0.05) is 40.5 Å². The first-order chi connectivity index (χ1) is 18.9. The van der Waals surface area contributed by atoms with Crippen molar-refractivity contribution in [3.63, 3.8) is 0 Å². The maximum atomic E-state index is 13.4. The third kappa shape index (κ3) is 5.73. The Labute approximate surface area is 236 Å². The van der Waals surface area contributed by atoms with Crippen molar-refractivity contribution < 1.29 is 33.0 Å². The summed E-state index contributed by atoms with van der Waals surface area (Å²) in [7, 11) is -1.84. The van der Waals surface area contributed by atoms with E-state index in [1.807, 2.05) is 27.7 Å². The van der Waals surface area contributed by atoms with Crippen LogP contribution in [0.2, 0.25) is 0 Å². The molecule has 0 saturated carbocycles. The van der Waals surface area contributed by atoms with Gasteiger partial charge in [0.15, 0.2) is 34.7 Å². The zero-order valence-electron chi connectivity index (χ0n) is 23.3. The number of ketones is 6. The molecule has 0 N–H and O–H groups in total. The first-order valence-corrected chi connectivity index (χ1v) is 15.0. The molecule has 2 aliphatic carbocycles. The quantitative estimate of drug-likeness (QED) is 0.307. The van der Waals surface area contributed by atoms with Crippen LogP contribution in [0.15, 0.2) is 46.2 Å². The van der Waals surface area contributed by atoms with E-state index in [1.165, 1.54) is 36.4 Å². The molecule has 2 atom stereocenters. The van der Waals surface area contributed by atoms with E-state index < -0.39 is 57.3 Å². The molecular weight excluding hydrogens is 528 g/mol. The van der Waals surface area contributed by atoms with Gasteiger partial charge in [-0.3, -0.25) is 28.8 Å². The summed E-state index contributed by atoms with van der Waals surface area (Å²) >= 11 is 0. The molecule has 0 fully saturated rings. The Morgan fingerprint density at radius 2 is 0.975 bits per heavy atom. The fourth-order valence-electron chi connectivity index (χ4n) is 5.35. The van der Waals surface area contributed by atoms with Crippen LogP contribution in [0.25, 0.3) is 0 Å². The molecule has 2 aromatic rings. The standard InChI is InChI=1S/C32H34O7S/c1-17(2)7-5-9-25(33)27-29(35)21-13-11-19(15-23(21)31(27)37)40(39)20-12-14-22-24(16-20)32(38)28(30(22)36)26(34)10-6-8-18(3)4/h11-18,27-28H,5-10H2,1-4H3. The van der Waals surface area contributed by atoms with Crippen molar-refractivity contribution in [3.05, 3.63) is 58.7 Å². The first kappa shape index (κ1) is 29.6. The molecule has 8 heteroatoms. The lowest BCUT2D eigenvalue weighted by atomic mass is 9.93. The second-order valence-corrected chi connectivity index (χ2v) is 13.0. The van der Waals surface area contributed by atoms with Crippen LogP contribution in [0, 0.1) is 23.7 Å². The van der Waals surface area contributed by atoms with Crippen molar-refractivity contribution in [2.45, 2.75) is 76.0 Å². The Balaban J connectivity index is 1.52. The number of carbonyl (C=O) groups excluding carboxylic acids is 6. The predicted octanol–water partition coefficient (Wildman–Crippen LogP) is 5.63. The van der Waals surface area contributed by atoms with Crippen molar-refractivity contribution in [1.82, 2.24) is 0 Å². The third-order valence-electron chi connectivity index (χ3n) is 7.57. The molecule has 2 aromatic carbocycles. The molecule has 0 amide bonds. The summed E-state index contributed by atoms with van der Waals surface area (Å²) in [6.45, 7) is 8.15. The monoisotopic (exact) mass is 562 g/mol. The third-order valence-corrected chi connectivity index (χ3v) is 8.94. The Bertz CT molecular complexity index is 1340. The molecule has 2 aliphatic rings. The maximum Gasteiger partial charge on any atom is 0.181 e. The van der Waals surface area contributed by atoms with Crippen LogP contribution in [0.5, 0.6) is 0 Å². The fraction of sp³-hybridized carbons (Fsp3) is 0.438. The van der Waals surface area contributed by atoms with E-state index in [0.717, 1.165) is 12.8 Å². The molecule has 0 bridgehead atoms. The second-order valence-electron chi connectivity index (χ2n) is 11.5. The molecule has 7 nitrogen and oxygen atoms in total. The molecule has 0 heterocycles. The first-order valence-electron chi connectivity index (χ1n) is 13.8. The summed E-state index contributed by atoms with van der Waals surface area (Å²) in [5, 5.41) is 0. The Kier molecular flexibility index (Phi) is 8.88. The Morgan fingerprint density at radius 3 is 1.32 bits per heavy atom. The van der Waals surface area contributed by atoms with Crippen molar-refractivity contribution in [3.8, 4) is 0 Å². The van der Waals surface area contributed by atoms with E-state index in [2.05, 4.69) is 0 Å². The summed E-state index contributed by atoms with van der Waals surface area (Å²) in [5.74, 6) is -4.92. The van der Waals surface area contributed by atoms with Gasteiger partial charge < -0.3 is 0 Å². The zero-order chi connectivity index (χ0) is 29.3. The van der Waals surface area contributed by atoms with Crippen LogP contribution < -0.4 is 0 Å². The van der Waals surface area contributed by atoms with Gasteiger partial charge in [-0.05, 0) is 61.1 Å². The summed E-state index contributed by atoms with van der Waals surface area (Å²) in [4.78, 5) is 77.7. The lowest BCUT2D eigenvalue weighted by Gasteiger charge is -2.07. The van der Waals surface area contributed by atoms with Gasteiger partial charge in [0.2, 0.25) is 0 Å². The number of benzene rings is 2. The highest BCUT2D eigenvalue weighted by Crippen LogP contribution is 2.34. The average molecular weight is 563 g/mol. The van der Waals surface area contributed by atoms with Gasteiger partial charge in [0, 0.05) is 44.9 Å². The maximum absolute atomic E-state index is 13.4. The van der Waals surface area contributed by atoms with Crippen LogP contribution in [-0.4, -0.2) is 38.9 Å². The fourth-order valence-corrected chi connectivity index (χ4v) is 6.46. The van der Waals surface area contributed by atoms with E-state index in [-0.39, 0.29) is 44.9 Å². The molecule has 2 unspecified atom stereocenters. The van der Waals surface area contributed by atoms with Crippen molar-refractivity contribution in [2.24, 2.45) is 23.7 Å². The van der Waals surface area contributed by atoms with Crippen LogP contribution in [-0.2, 0) is 20.4 Å². The van der Waals surface area contributed by atoms with E-state index >= 15 is 0 Å². The number of Topliss-reactive ketones (excluding diaryl/α,β-unsaturated/α-hetero) is 6. The molecule has 4 rings (SSSR count). The van der Waals surface area contributed by atoms with Gasteiger partial charge in [0.25, 0.3) is 0 Å². The zero-order valence-corrected chi connectivity index (χ0v) is 24.1. The van der Waals surface area contributed by atoms with Crippen molar-refractivity contribution in [1.29, 1.82) is 0 Å². The highest BCUT2D eigenvalue weighted by molar-refractivity contribution is 7.85. The molecule has 0 radical (unpaired) electrons. The topological polar surface area (TPSA) is 119 Å². The molecule has 0 aromatic heterocycles. The number of hydrogen-bond acceptors (Lipinski definition) is 7. The molecule has 210 valence electrons. The second kappa shape index (κ2) is 12.0. The van der Waals surface area contributed by atoms with Gasteiger partial charge >= 0.3 is 0 Å². The van der Waals surface area contributed by atoms with Gasteiger partial charge in [-0.2, -0.15) is 0 Å². The van der Waals surface area contributed by atoms with Crippen LogP contribution >= 0.6 is 0 Å². The highest BCUT2D eigenvalue weighted by atomic mass is 32.2. The summed E-state index contributed by atoms with van der Waals surface area (Å²) in [6.07, 6.45) is 3.14. The molecule has 0 saturated heterocycles. The normalized spacial score (nSPS) is 18.9. The van der Waals surface area contributed by atoms with E-state index in [4.69, 9.17) is 0 Å². The van der Waals surface area contributed by atoms with Crippen LogP contribution in [0.1, 0.15) is 108 Å². The van der Waals surface area contributed by atoms with Crippen LogP contribution in [0.4, 0.5) is 0 Å². The minimum atomic E-state index is -1.84. The molecule has 0 spiro atoms. The lowest BCUT2D eigenvalue weighted by Crippen LogP contribution is -2.25. The van der Waals surface area contributed by atoms with Gasteiger partial charge in [0.05, 0.1) is 10.8 Å². The van der Waals surface area contributed by atoms with Gasteiger partial charge in [-0.15, -0.1) is 0 Å². The van der Waals surface area contributed by atoms with Crippen LogP contribution in [0.3, 0.4) is 0 Å².